The Hall–Kier alpha value is -4.67. The maximum absolute atomic E-state index is 15.1. The number of aliphatic carboxylic acids is 1. The Morgan fingerprint density at radius 3 is 2.40 bits per heavy atom. The van der Waals surface area contributed by atoms with Crippen molar-refractivity contribution in [3.8, 4) is 11.5 Å². The van der Waals surface area contributed by atoms with Gasteiger partial charge in [0, 0.05) is 49.3 Å². The van der Waals surface area contributed by atoms with Gasteiger partial charge in [0.2, 0.25) is 5.60 Å². The number of piperidine rings is 1. The van der Waals surface area contributed by atoms with Crippen molar-refractivity contribution in [3.63, 3.8) is 0 Å². The highest BCUT2D eigenvalue weighted by molar-refractivity contribution is 7.10. The van der Waals surface area contributed by atoms with Crippen molar-refractivity contribution in [2.45, 2.75) is 108 Å². The molecule has 0 radical (unpaired) electrons. The fraction of sp³-hybridized carbons (Fsp3) is 0.525. The standard InChI is InChI=1S/C40H46F6N4O6S/c1-5-11-31-38(56-27-23-32(57-24-27)40(44,45)46,17-10-20-50(31)34(51)33-29(39(41,42)43)13-9-19-48-33)36(54)49(6-2)21-18-37(3,47-4)28-12-7-8-14-30(28)55-26-16-15-25(22-26)35(52)53/h7-9,12-14,19,23-26,31H,4-6,10-11,15-18,20-22H2,1-3H3,(H,52,53)/t25-,26-,31+,37?,38-/m0/s1. The van der Waals surface area contributed by atoms with Gasteiger partial charge in [-0.05, 0) is 77.3 Å². The highest BCUT2D eigenvalue weighted by Gasteiger charge is 2.56. The molecule has 310 valence electrons. The molecule has 1 aliphatic carbocycles. The number of thiophene rings is 1. The zero-order valence-electron chi connectivity index (χ0n) is 31.9. The molecule has 0 spiro atoms. The van der Waals surface area contributed by atoms with Gasteiger partial charge < -0.3 is 24.4 Å². The Kier molecular flexibility index (Phi) is 13.3. The molecule has 1 N–H and O–H groups in total. The topological polar surface area (TPSA) is 122 Å². The number of likely N-dealkylation sites (N-methyl/N-ethyl adjacent to an activating group) is 1. The van der Waals surface area contributed by atoms with Crippen LogP contribution in [0.2, 0.25) is 0 Å². The number of carbonyl (C=O) groups is 3. The lowest BCUT2D eigenvalue weighted by Crippen LogP contribution is -2.68. The van der Waals surface area contributed by atoms with E-state index in [1.165, 1.54) is 4.90 Å². The van der Waals surface area contributed by atoms with E-state index in [0.29, 0.717) is 48.3 Å². The van der Waals surface area contributed by atoms with E-state index in [2.05, 4.69) is 16.7 Å². The van der Waals surface area contributed by atoms with E-state index in [1.54, 1.807) is 45.0 Å². The van der Waals surface area contributed by atoms with Gasteiger partial charge in [0.1, 0.15) is 22.1 Å². The lowest BCUT2D eigenvalue weighted by atomic mass is 9.79. The van der Waals surface area contributed by atoms with Crippen LogP contribution in [0.15, 0.2) is 59.0 Å². The third-order valence-electron chi connectivity index (χ3n) is 10.9. The number of likely N-dealkylation sites (tertiary alicyclic amines) is 1. The van der Waals surface area contributed by atoms with Gasteiger partial charge in [-0.15, -0.1) is 11.3 Å². The smallest absolute Gasteiger partial charge is 0.425 e. The summed E-state index contributed by atoms with van der Waals surface area (Å²) in [6, 6.07) is 8.51. The van der Waals surface area contributed by atoms with Gasteiger partial charge >= 0.3 is 18.3 Å². The quantitative estimate of drug-likeness (QED) is 0.120. The molecule has 1 saturated carbocycles. The molecule has 5 atom stereocenters. The molecule has 2 aromatic heterocycles. The molecule has 1 aromatic carbocycles. The van der Waals surface area contributed by atoms with Crippen LogP contribution in [-0.2, 0) is 27.5 Å². The van der Waals surface area contributed by atoms with E-state index >= 15 is 4.79 Å². The number of carboxylic acid groups (broad SMARTS) is 1. The summed E-state index contributed by atoms with van der Waals surface area (Å²) in [5.41, 5.74) is -4.53. The van der Waals surface area contributed by atoms with Crippen LogP contribution in [0.4, 0.5) is 26.3 Å². The number of alkyl halides is 6. The SMILES string of the molecule is C=NC(C)(CCN(CC)C(=O)[C@]1(Oc2csc(C(F)(F)F)c2)CCCN(C(=O)c2ncccc2C(F)(F)F)[C@@H]1CCC)c1ccccc1O[C@H]1CC[C@H](C(=O)O)C1. The van der Waals surface area contributed by atoms with Gasteiger partial charge in [0.15, 0.2) is 0 Å². The van der Waals surface area contributed by atoms with Crippen LogP contribution >= 0.6 is 11.3 Å². The number of ether oxygens (including phenoxy) is 2. The molecule has 17 heteroatoms. The van der Waals surface area contributed by atoms with E-state index in [9.17, 15) is 41.0 Å². The average molecular weight is 825 g/mol. The summed E-state index contributed by atoms with van der Waals surface area (Å²) < 4.78 is 96.3. The van der Waals surface area contributed by atoms with Gasteiger partial charge in [-0.3, -0.25) is 24.4 Å². The van der Waals surface area contributed by atoms with Crippen LogP contribution in [0.3, 0.4) is 0 Å². The van der Waals surface area contributed by atoms with Crippen LogP contribution in [-0.4, -0.2) is 81.8 Å². The summed E-state index contributed by atoms with van der Waals surface area (Å²) in [5, 5.41) is 10.6. The average Bonchev–Trinajstić information content (AvgIpc) is 3.86. The second-order valence-electron chi connectivity index (χ2n) is 14.6. The highest BCUT2D eigenvalue weighted by atomic mass is 32.1. The molecule has 1 saturated heterocycles. The Bertz CT molecular complexity index is 1920. The number of amides is 2. The number of aromatic nitrogens is 1. The zero-order valence-corrected chi connectivity index (χ0v) is 32.7. The number of carboxylic acids is 1. The zero-order chi connectivity index (χ0) is 41.8. The molecule has 2 aliphatic rings. The first-order valence-electron chi connectivity index (χ1n) is 18.8. The number of carbonyl (C=O) groups excluding carboxylic acids is 2. The fourth-order valence-electron chi connectivity index (χ4n) is 7.86. The van der Waals surface area contributed by atoms with Gasteiger partial charge in [-0.2, -0.15) is 26.3 Å². The van der Waals surface area contributed by atoms with Crippen LogP contribution < -0.4 is 9.47 Å². The first-order chi connectivity index (χ1) is 26.9. The first-order valence-corrected chi connectivity index (χ1v) is 19.7. The minimum atomic E-state index is -4.92. The number of aliphatic imine (C=N–C) groups is 1. The van der Waals surface area contributed by atoms with Crippen LogP contribution in [0, 0.1) is 5.92 Å². The first kappa shape index (κ1) is 43.5. The van der Waals surface area contributed by atoms with E-state index in [-0.39, 0.29) is 57.2 Å². The molecule has 5 rings (SSSR count). The largest absolute Gasteiger partial charge is 0.490 e. The normalized spacial score (nSPS) is 22.4. The van der Waals surface area contributed by atoms with E-state index in [1.807, 2.05) is 0 Å². The minimum Gasteiger partial charge on any atom is -0.490 e. The molecule has 3 aromatic rings. The fourth-order valence-corrected chi connectivity index (χ4v) is 8.54. The monoisotopic (exact) mass is 824 g/mol. The predicted molar refractivity (Wildman–Crippen MR) is 200 cm³/mol. The van der Waals surface area contributed by atoms with Crippen LogP contribution in [0.5, 0.6) is 11.5 Å². The predicted octanol–water partition coefficient (Wildman–Crippen LogP) is 8.89. The third kappa shape index (κ3) is 9.39. The van der Waals surface area contributed by atoms with Crippen molar-refractivity contribution in [1.82, 2.24) is 14.8 Å². The summed E-state index contributed by atoms with van der Waals surface area (Å²) >= 11 is 0.370. The Labute approximate surface area is 330 Å². The molecule has 10 nitrogen and oxygen atoms in total. The van der Waals surface area contributed by atoms with Crippen LogP contribution in [0.1, 0.15) is 98.6 Å². The molecule has 3 heterocycles. The molecular weight excluding hydrogens is 779 g/mol. The second kappa shape index (κ2) is 17.4. The molecule has 0 bridgehead atoms. The Balaban J connectivity index is 1.51. The number of pyridine rings is 1. The lowest BCUT2D eigenvalue weighted by Gasteiger charge is -2.50. The summed E-state index contributed by atoms with van der Waals surface area (Å²) in [5.74, 6) is -2.92. The van der Waals surface area contributed by atoms with Gasteiger partial charge in [0.05, 0.1) is 29.2 Å². The van der Waals surface area contributed by atoms with E-state index in [0.717, 1.165) is 34.7 Å². The highest BCUT2D eigenvalue weighted by Crippen LogP contribution is 2.44. The molecule has 2 amide bonds. The number of para-hydroxylation sites is 1. The summed E-state index contributed by atoms with van der Waals surface area (Å²) in [7, 11) is 0. The number of rotatable bonds is 15. The van der Waals surface area contributed by atoms with Gasteiger partial charge in [-0.1, -0.05) is 31.5 Å². The van der Waals surface area contributed by atoms with E-state index < -0.39 is 69.4 Å². The molecule has 57 heavy (non-hydrogen) atoms. The molecule has 1 unspecified atom stereocenters. The summed E-state index contributed by atoms with van der Waals surface area (Å²) in [6.07, 6.45) is -6.91. The van der Waals surface area contributed by atoms with E-state index in [4.69, 9.17) is 9.47 Å². The number of nitrogens with zero attached hydrogens (tertiary/aromatic N) is 4. The summed E-state index contributed by atoms with van der Waals surface area (Å²) in [4.78, 5) is 50.7. The number of benzene rings is 1. The number of hydrogen-bond acceptors (Lipinski definition) is 8. The molecule has 1 aliphatic heterocycles. The van der Waals surface area contributed by atoms with Crippen molar-refractivity contribution in [2.75, 3.05) is 19.6 Å². The van der Waals surface area contributed by atoms with Gasteiger partial charge in [-0.25, -0.2) is 0 Å². The summed E-state index contributed by atoms with van der Waals surface area (Å²) in [6.45, 7) is 9.16. The lowest BCUT2D eigenvalue weighted by molar-refractivity contribution is -0.159. The Morgan fingerprint density at radius 1 is 1.07 bits per heavy atom. The maximum Gasteiger partial charge on any atom is 0.425 e. The third-order valence-corrected chi connectivity index (χ3v) is 11.9. The maximum atomic E-state index is 15.1. The number of hydrogen-bond donors (Lipinski definition) is 1. The molecular formula is C40H46F6N4O6S. The van der Waals surface area contributed by atoms with Crippen molar-refractivity contribution >= 4 is 35.8 Å². The second-order valence-corrected chi connectivity index (χ2v) is 15.5. The minimum absolute atomic E-state index is 0.0253. The Morgan fingerprint density at radius 2 is 1.79 bits per heavy atom. The van der Waals surface area contributed by atoms with Crippen molar-refractivity contribution in [1.29, 1.82) is 0 Å². The van der Waals surface area contributed by atoms with Gasteiger partial charge in [0.25, 0.3) is 11.8 Å². The number of halogens is 6. The van der Waals surface area contributed by atoms with Crippen LogP contribution in [0.25, 0.3) is 0 Å². The van der Waals surface area contributed by atoms with Crippen molar-refractivity contribution in [2.24, 2.45) is 10.9 Å². The molecule has 2 fully saturated rings. The van der Waals surface area contributed by atoms with Crippen molar-refractivity contribution < 1.29 is 55.3 Å². The van der Waals surface area contributed by atoms with Crippen molar-refractivity contribution in [3.05, 3.63) is 75.7 Å².